The summed E-state index contributed by atoms with van der Waals surface area (Å²) in [6, 6.07) is 22.1. The van der Waals surface area contributed by atoms with Crippen LogP contribution in [0.1, 0.15) is 29.2 Å². The van der Waals surface area contributed by atoms with E-state index in [1.54, 1.807) is 13.3 Å². The van der Waals surface area contributed by atoms with Crippen LogP contribution in [0.4, 0.5) is 5.88 Å². The molecule has 0 aliphatic carbocycles. The molecule has 0 bridgehead atoms. The second-order valence-electron chi connectivity index (χ2n) is 8.06. The van der Waals surface area contributed by atoms with Crippen LogP contribution in [0.5, 0.6) is 11.5 Å². The van der Waals surface area contributed by atoms with E-state index in [2.05, 4.69) is 27.0 Å². The third-order valence-corrected chi connectivity index (χ3v) is 6.12. The molecule has 0 N–H and O–H groups in total. The van der Waals surface area contributed by atoms with Crippen LogP contribution in [-0.2, 0) is 0 Å². The van der Waals surface area contributed by atoms with Crippen molar-refractivity contribution < 1.29 is 13.9 Å². The number of aryl methyl sites for hydroxylation is 2. The molecule has 4 aromatic rings. The van der Waals surface area contributed by atoms with Crippen molar-refractivity contribution in [2.24, 2.45) is 4.99 Å². The second-order valence-corrected chi connectivity index (χ2v) is 8.91. The highest BCUT2D eigenvalue weighted by molar-refractivity contribution is 9.10. The van der Waals surface area contributed by atoms with Gasteiger partial charge in [-0.2, -0.15) is 5.26 Å². The lowest BCUT2D eigenvalue weighted by atomic mass is 9.97. The minimum absolute atomic E-state index is 0.252. The zero-order chi connectivity index (χ0) is 24.9. The number of methoxy groups -OCH3 is 1. The van der Waals surface area contributed by atoms with E-state index in [-0.39, 0.29) is 5.88 Å². The molecule has 0 spiro atoms. The normalized spacial score (nSPS) is 11.0. The predicted octanol–water partition coefficient (Wildman–Crippen LogP) is 8.02. The maximum atomic E-state index is 10.1. The van der Waals surface area contributed by atoms with Crippen LogP contribution >= 0.6 is 15.9 Å². The zero-order valence-corrected chi connectivity index (χ0v) is 21.6. The molecule has 0 saturated heterocycles. The Morgan fingerprint density at radius 3 is 2.20 bits per heavy atom. The number of hydrogen-bond acceptors (Lipinski definition) is 5. The van der Waals surface area contributed by atoms with E-state index in [0.29, 0.717) is 29.4 Å². The standard InChI is InChI=1S/C29H25BrN2O3/c1-5-34-28-24(30)14-20(15-25(28)33-4)17-32-29-23(16-31)26(21-10-6-18(2)7-11-21)27(35-29)22-12-8-19(3)9-13-22/h6-15,17H,5H2,1-4H3. The molecule has 1 heterocycles. The predicted molar refractivity (Wildman–Crippen MR) is 143 cm³/mol. The molecule has 0 atom stereocenters. The summed E-state index contributed by atoms with van der Waals surface area (Å²) < 4.78 is 18.1. The Balaban J connectivity index is 1.84. The number of rotatable bonds is 7. The SMILES string of the molecule is CCOc1c(Br)cc(C=Nc2oc(-c3ccc(C)cc3)c(-c3ccc(C)cc3)c2C#N)cc1OC. The van der Waals surface area contributed by atoms with Crippen molar-refractivity contribution in [3.63, 3.8) is 0 Å². The van der Waals surface area contributed by atoms with Crippen LogP contribution in [0, 0.1) is 25.2 Å². The quantitative estimate of drug-likeness (QED) is 0.227. The van der Waals surface area contributed by atoms with Crippen molar-refractivity contribution >= 4 is 28.0 Å². The van der Waals surface area contributed by atoms with Crippen LogP contribution in [-0.4, -0.2) is 19.9 Å². The molecule has 35 heavy (non-hydrogen) atoms. The average Bonchev–Trinajstić information content (AvgIpc) is 3.23. The molecule has 0 radical (unpaired) electrons. The number of furan rings is 1. The first-order valence-corrected chi connectivity index (χ1v) is 12.0. The van der Waals surface area contributed by atoms with Crippen molar-refractivity contribution in [3.05, 3.63) is 87.4 Å². The fraction of sp³-hybridized carbons (Fsp3) is 0.172. The fourth-order valence-electron chi connectivity index (χ4n) is 3.75. The molecule has 6 heteroatoms. The first-order valence-electron chi connectivity index (χ1n) is 11.2. The van der Waals surface area contributed by atoms with Gasteiger partial charge in [0.15, 0.2) is 11.5 Å². The topological polar surface area (TPSA) is 67.8 Å². The van der Waals surface area contributed by atoms with Crippen molar-refractivity contribution in [1.82, 2.24) is 0 Å². The summed E-state index contributed by atoms with van der Waals surface area (Å²) in [6.07, 6.45) is 1.65. The Kier molecular flexibility index (Phi) is 7.38. The lowest BCUT2D eigenvalue weighted by molar-refractivity contribution is 0.309. The molecule has 0 amide bonds. The summed E-state index contributed by atoms with van der Waals surface area (Å²) in [4.78, 5) is 4.58. The Labute approximate surface area is 213 Å². The summed E-state index contributed by atoms with van der Waals surface area (Å²) in [5.41, 5.74) is 5.96. The smallest absolute Gasteiger partial charge is 0.238 e. The number of nitrogens with zero attached hydrogens (tertiary/aromatic N) is 2. The van der Waals surface area contributed by atoms with Crippen LogP contribution in [0.3, 0.4) is 0 Å². The van der Waals surface area contributed by atoms with Crippen LogP contribution in [0.15, 0.2) is 74.5 Å². The van der Waals surface area contributed by atoms with Gasteiger partial charge in [-0.3, -0.25) is 0 Å². The molecule has 4 rings (SSSR count). The number of halogens is 1. The van der Waals surface area contributed by atoms with Gasteiger partial charge in [0.05, 0.1) is 18.2 Å². The summed E-state index contributed by atoms with van der Waals surface area (Å²) in [7, 11) is 1.59. The molecule has 176 valence electrons. The maximum Gasteiger partial charge on any atom is 0.238 e. The van der Waals surface area contributed by atoms with Crippen molar-refractivity contribution in [3.8, 4) is 40.0 Å². The molecule has 0 saturated carbocycles. The highest BCUT2D eigenvalue weighted by Gasteiger charge is 2.23. The molecule has 0 unspecified atom stereocenters. The van der Waals surface area contributed by atoms with Gasteiger partial charge in [0.25, 0.3) is 0 Å². The fourth-order valence-corrected chi connectivity index (χ4v) is 4.32. The van der Waals surface area contributed by atoms with Gasteiger partial charge in [0.1, 0.15) is 17.4 Å². The van der Waals surface area contributed by atoms with E-state index in [0.717, 1.165) is 37.9 Å². The highest BCUT2D eigenvalue weighted by atomic mass is 79.9. The average molecular weight is 529 g/mol. The third-order valence-electron chi connectivity index (χ3n) is 5.53. The highest BCUT2D eigenvalue weighted by Crippen LogP contribution is 2.43. The van der Waals surface area contributed by atoms with Crippen LogP contribution in [0.2, 0.25) is 0 Å². The Morgan fingerprint density at radius 1 is 1.00 bits per heavy atom. The van der Waals surface area contributed by atoms with E-state index in [4.69, 9.17) is 13.9 Å². The lowest BCUT2D eigenvalue weighted by Gasteiger charge is -2.11. The molecule has 3 aromatic carbocycles. The molecule has 0 fully saturated rings. The van der Waals surface area contributed by atoms with Gasteiger partial charge in [-0.25, -0.2) is 4.99 Å². The third kappa shape index (κ3) is 5.16. The summed E-state index contributed by atoms with van der Waals surface area (Å²) in [6.45, 7) is 6.50. The van der Waals surface area contributed by atoms with Crippen LogP contribution < -0.4 is 9.47 Å². The molecule has 0 aliphatic rings. The van der Waals surface area contributed by atoms with Crippen molar-refractivity contribution in [2.45, 2.75) is 20.8 Å². The van der Waals surface area contributed by atoms with Crippen LogP contribution in [0.25, 0.3) is 22.5 Å². The van der Waals surface area contributed by atoms with Gasteiger partial charge in [-0.1, -0.05) is 59.7 Å². The summed E-state index contributed by atoms with van der Waals surface area (Å²) >= 11 is 3.54. The first-order chi connectivity index (χ1) is 16.9. The minimum atomic E-state index is 0.252. The largest absolute Gasteiger partial charge is 0.493 e. The van der Waals surface area contributed by atoms with E-state index in [9.17, 15) is 5.26 Å². The number of benzene rings is 3. The van der Waals surface area contributed by atoms with E-state index in [1.807, 2.05) is 81.4 Å². The Bertz CT molecular complexity index is 1410. The molecule has 0 aliphatic heterocycles. The number of hydrogen-bond donors (Lipinski definition) is 0. The van der Waals surface area contributed by atoms with Gasteiger partial charge in [0.2, 0.25) is 5.88 Å². The van der Waals surface area contributed by atoms with Crippen molar-refractivity contribution in [2.75, 3.05) is 13.7 Å². The summed E-state index contributed by atoms with van der Waals surface area (Å²) in [5.74, 6) is 2.08. The minimum Gasteiger partial charge on any atom is -0.493 e. The Hall–Kier alpha value is -3.82. The van der Waals surface area contributed by atoms with E-state index < -0.39 is 0 Å². The van der Waals surface area contributed by atoms with Crippen molar-refractivity contribution in [1.29, 1.82) is 5.26 Å². The van der Waals surface area contributed by atoms with Gasteiger partial charge < -0.3 is 13.9 Å². The number of nitriles is 1. The second kappa shape index (κ2) is 10.6. The molecule has 5 nitrogen and oxygen atoms in total. The number of aliphatic imine (C=N–C) groups is 1. The van der Waals surface area contributed by atoms with Gasteiger partial charge in [0, 0.05) is 17.3 Å². The molecular formula is C29H25BrN2O3. The van der Waals surface area contributed by atoms with Gasteiger partial charge >= 0.3 is 0 Å². The van der Waals surface area contributed by atoms with Gasteiger partial charge in [-0.15, -0.1) is 0 Å². The summed E-state index contributed by atoms with van der Waals surface area (Å²) in [5, 5.41) is 10.1. The molecule has 1 aromatic heterocycles. The Morgan fingerprint density at radius 2 is 1.63 bits per heavy atom. The maximum absolute atomic E-state index is 10.1. The van der Waals surface area contributed by atoms with E-state index in [1.165, 1.54) is 0 Å². The first kappa shape index (κ1) is 24.3. The monoisotopic (exact) mass is 528 g/mol. The van der Waals surface area contributed by atoms with Gasteiger partial charge in [-0.05, 0) is 60.0 Å². The zero-order valence-electron chi connectivity index (χ0n) is 20.1. The number of ether oxygens (including phenoxy) is 2. The van der Waals surface area contributed by atoms with E-state index >= 15 is 0 Å². The lowest BCUT2D eigenvalue weighted by Crippen LogP contribution is -1.97. The molecular weight excluding hydrogens is 504 g/mol.